The van der Waals surface area contributed by atoms with Crippen LogP contribution in [0.4, 0.5) is 0 Å². The van der Waals surface area contributed by atoms with E-state index in [1.165, 1.54) is 12.8 Å². The van der Waals surface area contributed by atoms with Crippen LogP contribution in [0, 0.1) is 24.7 Å². The molecule has 0 aliphatic heterocycles. The summed E-state index contributed by atoms with van der Waals surface area (Å²) in [5.74, 6) is 2.31. The molecule has 2 unspecified atom stereocenters. The summed E-state index contributed by atoms with van der Waals surface area (Å²) in [5, 5.41) is 14.0. The largest absolute Gasteiger partial charge is 0.474 e. The molecule has 146 valence electrons. The number of aromatic nitrogens is 2. The van der Waals surface area contributed by atoms with E-state index in [-0.39, 0.29) is 18.1 Å². The van der Waals surface area contributed by atoms with E-state index in [9.17, 15) is 9.90 Å². The topological polar surface area (TPSA) is 84.3 Å². The van der Waals surface area contributed by atoms with Crippen LogP contribution in [-0.2, 0) is 0 Å². The summed E-state index contributed by atoms with van der Waals surface area (Å²) in [6.45, 7) is 1.82. The van der Waals surface area contributed by atoms with Crippen LogP contribution in [0.1, 0.15) is 74.0 Å². The Kier molecular flexibility index (Phi) is 4.15. The number of aliphatic hydroxyl groups is 1. The minimum Gasteiger partial charge on any atom is -0.474 e. The van der Waals surface area contributed by atoms with Gasteiger partial charge in [0.2, 0.25) is 5.88 Å². The van der Waals surface area contributed by atoms with E-state index < -0.39 is 5.60 Å². The van der Waals surface area contributed by atoms with Gasteiger partial charge in [-0.15, -0.1) is 0 Å². The number of carbonyl (C=O) groups is 1. The Morgan fingerprint density at radius 3 is 2.59 bits per heavy atom. The minimum atomic E-state index is -0.485. The Hall–Kier alpha value is -1.69. The van der Waals surface area contributed by atoms with Crippen LogP contribution in [0.25, 0.3) is 0 Å². The Balaban J connectivity index is 1.34. The molecule has 2 atom stereocenters. The molecule has 4 bridgehead atoms. The maximum absolute atomic E-state index is 13.1. The van der Waals surface area contributed by atoms with Crippen molar-refractivity contribution in [2.75, 3.05) is 0 Å². The fourth-order valence-electron chi connectivity index (χ4n) is 6.31. The molecule has 5 saturated carbocycles. The number of aryl methyl sites for hydroxylation is 1. The second kappa shape index (κ2) is 6.43. The molecule has 6 nitrogen and oxygen atoms in total. The van der Waals surface area contributed by atoms with E-state index in [0.717, 1.165) is 44.9 Å². The summed E-state index contributed by atoms with van der Waals surface area (Å²) in [6, 6.07) is 0.148. The zero-order valence-corrected chi connectivity index (χ0v) is 16.0. The van der Waals surface area contributed by atoms with Gasteiger partial charge in [0.25, 0.3) is 5.91 Å². The molecular formula is C21H29N3O3. The van der Waals surface area contributed by atoms with Crippen molar-refractivity contribution in [3.05, 3.63) is 17.6 Å². The fraction of sp³-hybridized carbons (Fsp3) is 0.762. The molecule has 0 aromatic carbocycles. The molecule has 1 aromatic rings. The van der Waals surface area contributed by atoms with Crippen molar-refractivity contribution in [3.8, 4) is 5.88 Å². The monoisotopic (exact) mass is 371 g/mol. The zero-order valence-electron chi connectivity index (χ0n) is 16.0. The third kappa shape index (κ3) is 3.22. The molecule has 1 amide bonds. The van der Waals surface area contributed by atoms with Gasteiger partial charge in [-0.3, -0.25) is 4.79 Å². The van der Waals surface area contributed by atoms with Crippen LogP contribution in [0.5, 0.6) is 5.88 Å². The molecule has 2 N–H and O–H groups in total. The first kappa shape index (κ1) is 17.4. The SMILES string of the molecule is Cc1ncc(C(=O)NC2C3CC4CC2CC(O)(C4)C3)c(OC2CCCC2)n1. The lowest BCUT2D eigenvalue weighted by Gasteiger charge is -2.58. The fourth-order valence-corrected chi connectivity index (χ4v) is 6.31. The van der Waals surface area contributed by atoms with E-state index in [2.05, 4.69) is 15.3 Å². The first-order chi connectivity index (χ1) is 13.0. The maximum atomic E-state index is 13.1. The van der Waals surface area contributed by atoms with E-state index in [1.54, 1.807) is 6.20 Å². The molecule has 0 spiro atoms. The van der Waals surface area contributed by atoms with Crippen molar-refractivity contribution in [1.29, 1.82) is 0 Å². The third-order valence-corrected chi connectivity index (χ3v) is 7.24. The van der Waals surface area contributed by atoms with Crippen LogP contribution in [-0.4, -0.2) is 38.7 Å². The van der Waals surface area contributed by atoms with Gasteiger partial charge in [0.05, 0.1) is 5.60 Å². The lowest BCUT2D eigenvalue weighted by molar-refractivity contribution is -0.136. The van der Waals surface area contributed by atoms with Crippen LogP contribution < -0.4 is 10.1 Å². The number of nitrogens with one attached hydrogen (secondary N) is 1. The molecule has 6 rings (SSSR count). The molecule has 5 fully saturated rings. The number of rotatable bonds is 4. The van der Waals surface area contributed by atoms with Crippen LogP contribution in [0.2, 0.25) is 0 Å². The molecule has 5 aliphatic rings. The van der Waals surface area contributed by atoms with Gasteiger partial charge in [0.1, 0.15) is 17.5 Å². The highest BCUT2D eigenvalue weighted by Crippen LogP contribution is 2.55. The highest BCUT2D eigenvalue weighted by atomic mass is 16.5. The summed E-state index contributed by atoms with van der Waals surface area (Å²) in [7, 11) is 0. The van der Waals surface area contributed by atoms with E-state index in [0.29, 0.717) is 35.0 Å². The van der Waals surface area contributed by atoms with E-state index in [4.69, 9.17) is 4.74 Å². The van der Waals surface area contributed by atoms with Crippen LogP contribution in [0.15, 0.2) is 6.20 Å². The molecule has 6 heteroatoms. The zero-order chi connectivity index (χ0) is 18.6. The van der Waals surface area contributed by atoms with Gasteiger partial charge < -0.3 is 15.2 Å². The van der Waals surface area contributed by atoms with Crippen molar-refractivity contribution in [3.63, 3.8) is 0 Å². The van der Waals surface area contributed by atoms with Gasteiger partial charge in [-0.25, -0.2) is 4.98 Å². The molecule has 1 aromatic heterocycles. The number of carbonyl (C=O) groups excluding carboxylic acids is 1. The standard InChI is InChI=1S/C21H29N3O3/c1-12-22-11-17(20(23-12)27-16-4-2-3-5-16)19(25)24-18-14-6-13-7-15(18)10-21(26,8-13)9-14/h11,13-16,18,26H,2-10H2,1H3,(H,24,25). The number of hydrogen-bond acceptors (Lipinski definition) is 5. The van der Waals surface area contributed by atoms with Gasteiger partial charge in [0.15, 0.2) is 0 Å². The average Bonchev–Trinajstić information content (AvgIpc) is 3.09. The highest BCUT2D eigenvalue weighted by molar-refractivity contribution is 5.96. The second-order valence-corrected chi connectivity index (χ2v) is 9.35. The minimum absolute atomic E-state index is 0.132. The Labute approximate surface area is 160 Å². The van der Waals surface area contributed by atoms with Crippen molar-refractivity contribution in [2.24, 2.45) is 17.8 Å². The van der Waals surface area contributed by atoms with Crippen molar-refractivity contribution in [2.45, 2.75) is 82.5 Å². The van der Waals surface area contributed by atoms with Gasteiger partial charge in [-0.1, -0.05) is 0 Å². The van der Waals surface area contributed by atoms with Crippen LogP contribution in [0.3, 0.4) is 0 Å². The Morgan fingerprint density at radius 1 is 1.22 bits per heavy atom. The van der Waals surface area contributed by atoms with Crippen molar-refractivity contribution < 1.29 is 14.6 Å². The van der Waals surface area contributed by atoms with Gasteiger partial charge in [-0.2, -0.15) is 4.98 Å². The van der Waals surface area contributed by atoms with Crippen molar-refractivity contribution >= 4 is 5.91 Å². The number of nitrogens with zero attached hydrogens (tertiary/aromatic N) is 2. The predicted molar refractivity (Wildman–Crippen MR) is 99.4 cm³/mol. The quantitative estimate of drug-likeness (QED) is 0.850. The van der Waals surface area contributed by atoms with Gasteiger partial charge in [-0.05, 0) is 82.5 Å². The molecule has 0 radical (unpaired) electrons. The van der Waals surface area contributed by atoms with E-state index in [1.807, 2.05) is 6.92 Å². The number of hydrogen-bond donors (Lipinski definition) is 2. The maximum Gasteiger partial charge on any atom is 0.258 e. The van der Waals surface area contributed by atoms with Crippen LogP contribution >= 0.6 is 0 Å². The Bertz CT molecular complexity index is 730. The lowest BCUT2D eigenvalue weighted by atomic mass is 9.52. The van der Waals surface area contributed by atoms with E-state index >= 15 is 0 Å². The molecular weight excluding hydrogens is 342 g/mol. The molecule has 27 heavy (non-hydrogen) atoms. The first-order valence-corrected chi connectivity index (χ1v) is 10.5. The molecule has 0 saturated heterocycles. The highest BCUT2D eigenvalue weighted by Gasteiger charge is 2.55. The lowest BCUT2D eigenvalue weighted by Crippen LogP contribution is -2.61. The van der Waals surface area contributed by atoms with Gasteiger partial charge in [0, 0.05) is 12.2 Å². The predicted octanol–water partition coefficient (Wildman–Crippen LogP) is 2.78. The summed E-state index contributed by atoms with van der Waals surface area (Å²) < 4.78 is 6.08. The summed E-state index contributed by atoms with van der Waals surface area (Å²) >= 11 is 0. The van der Waals surface area contributed by atoms with Crippen molar-refractivity contribution in [1.82, 2.24) is 15.3 Å². The summed E-state index contributed by atoms with van der Waals surface area (Å²) in [5.41, 5.74) is -0.0402. The number of ether oxygens (including phenoxy) is 1. The third-order valence-electron chi connectivity index (χ3n) is 7.24. The average molecular weight is 371 g/mol. The first-order valence-electron chi connectivity index (χ1n) is 10.5. The smallest absolute Gasteiger partial charge is 0.258 e. The second-order valence-electron chi connectivity index (χ2n) is 9.35. The normalized spacial score (nSPS) is 37.6. The summed E-state index contributed by atoms with van der Waals surface area (Å²) in [6.07, 6.45) is 11.0. The Morgan fingerprint density at radius 2 is 1.93 bits per heavy atom. The molecule has 5 aliphatic carbocycles. The molecule has 1 heterocycles. The number of amides is 1. The summed E-state index contributed by atoms with van der Waals surface area (Å²) in [4.78, 5) is 21.7. The van der Waals surface area contributed by atoms with Gasteiger partial charge >= 0.3 is 0 Å².